The SMILES string of the molecule is Cc1ccc(C23C[C@H]4C[C@@H](CC(C(=O)OCc5nnc(-c6ccccc6)o5)(C4)C2)C3)cc1. The molecule has 32 heavy (non-hydrogen) atoms. The standard InChI is InChI=1S/C27H28N2O3/c1-18-7-9-22(10-8-18)26-12-19-11-20(13-26)15-27(14-19,17-26)25(30)31-16-23-28-29-24(32-23)21-5-3-2-4-6-21/h2-10,19-20H,11-17H2,1H3/t19-,20-,26?,27?/m1/s1. The van der Waals surface area contributed by atoms with Crippen LogP contribution < -0.4 is 0 Å². The summed E-state index contributed by atoms with van der Waals surface area (Å²) in [6.07, 6.45) is 6.46. The third-order valence-electron chi connectivity index (χ3n) is 7.97. The number of esters is 1. The number of aromatic nitrogens is 2. The first-order chi connectivity index (χ1) is 15.5. The van der Waals surface area contributed by atoms with Gasteiger partial charge in [-0.05, 0) is 80.4 Å². The number of hydrogen-bond donors (Lipinski definition) is 0. The van der Waals surface area contributed by atoms with Gasteiger partial charge >= 0.3 is 5.97 Å². The molecular weight excluding hydrogens is 400 g/mol. The topological polar surface area (TPSA) is 65.2 Å². The Kier molecular flexibility index (Phi) is 4.49. The molecular formula is C27H28N2O3. The Morgan fingerprint density at radius 3 is 2.44 bits per heavy atom. The molecule has 4 aliphatic carbocycles. The predicted molar refractivity (Wildman–Crippen MR) is 120 cm³/mol. The Morgan fingerprint density at radius 1 is 1.00 bits per heavy atom. The van der Waals surface area contributed by atoms with Gasteiger partial charge in [0.15, 0.2) is 6.61 Å². The minimum Gasteiger partial charge on any atom is -0.455 e. The smallest absolute Gasteiger partial charge is 0.312 e. The van der Waals surface area contributed by atoms with Gasteiger partial charge in [-0.15, -0.1) is 10.2 Å². The Hall–Kier alpha value is -2.95. The number of ether oxygens (including phenoxy) is 1. The Morgan fingerprint density at radius 2 is 1.72 bits per heavy atom. The highest BCUT2D eigenvalue weighted by atomic mass is 16.5. The van der Waals surface area contributed by atoms with Crippen molar-refractivity contribution >= 4 is 5.97 Å². The molecule has 0 aliphatic heterocycles. The zero-order chi connectivity index (χ0) is 21.8. The molecule has 0 saturated heterocycles. The van der Waals surface area contributed by atoms with E-state index in [1.807, 2.05) is 30.3 Å². The average molecular weight is 429 g/mol. The Balaban J connectivity index is 1.20. The van der Waals surface area contributed by atoms with Crippen molar-refractivity contribution in [3.63, 3.8) is 0 Å². The molecule has 164 valence electrons. The summed E-state index contributed by atoms with van der Waals surface area (Å²) in [6.45, 7) is 2.16. The molecule has 1 heterocycles. The van der Waals surface area contributed by atoms with E-state index in [2.05, 4.69) is 41.4 Å². The normalized spacial score (nSPS) is 30.4. The van der Waals surface area contributed by atoms with Crippen LogP contribution in [-0.4, -0.2) is 16.2 Å². The van der Waals surface area contributed by atoms with Crippen molar-refractivity contribution in [3.05, 3.63) is 71.6 Å². The van der Waals surface area contributed by atoms with Crippen molar-refractivity contribution < 1.29 is 13.9 Å². The second kappa shape index (κ2) is 7.29. The summed E-state index contributed by atoms with van der Waals surface area (Å²) in [5, 5.41) is 8.19. The maximum Gasteiger partial charge on any atom is 0.312 e. The second-order valence-electron chi connectivity index (χ2n) is 10.3. The minimum absolute atomic E-state index is 0.0350. The molecule has 0 radical (unpaired) electrons. The Labute approximate surface area is 188 Å². The first-order valence-corrected chi connectivity index (χ1v) is 11.7. The maximum absolute atomic E-state index is 13.5. The number of nitrogens with zero attached hydrogens (tertiary/aromatic N) is 2. The molecule has 0 spiro atoms. The predicted octanol–water partition coefficient (Wildman–Crippen LogP) is 5.63. The van der Waals surface area contributed by atoms with E-state index in [9.17, 15) is 4.79 Å². The quantitative estimate of drug-likeness (QED) is 0.493. The molecule has 3 aromatic rings. The van der Waals surface area contributed by atoms with Crippen LogP contribution in [0, 0.1) is 24.2 Å². The van der Waals surface area contributed by atoms with Crippen LogP contribution in [0.1, 0.15) is 55.5 Å². The van der Waals surface area contributed by atoms with Crippen LogP contribution in [0.25, 0.3) is 11.5 Å². The summed E-state index contributed by atoms with van der Waals surface area (Å²) in [5.41, 5.74) is 3.28. The van der Waals surface area contributed by atoms with E-state index >= 15 is 0 Å². The lowest BCUT2D eigenvalue weighted by Crippen LogP contribution is -2.57. The average Bonchev–Trinajstić information content (AvgIpc) is 3.27. The zero-order valence-electron chi connectivity index (χ0n) is 18.4. The van der Waals surface area contributed by atoms with E-state index < -0.39 is 0 Å². The van der Waals surface area contributed by atoms with E-state index in [0.29, 0.717) is 23.6 Å². The molecule has 4 saturated carbocycles. The van der Waals surface area contributed by atoms with E-state index in [-0.39, 0.29) is 23.4 Å². The Bertz CT molecular complexity index is 1120. The molecule has 2 aromatic carbocycles. The lowest BCUT2D eigenvalue weighted by Gasteiger charge is -2.61. The summed E-state index contributed by atoms with van der Waals surface area (Å²) < 4.78 is 11.6. The fourth-order valence-corrected chi connectivity index (χ4v) is 7.04. The van der Waals surface area contributed by atoms with Crippen molar-refractivity contribution in [3.8, 4) is 11.5 Å². The van der Waals surface area contributed by atoms with E-state index in [4.69, 9.17) is 9.15 Å². The number of benzene rings is 2. The second-order valence-corrected chi connectivity index (χ2v) is 10.3. The van der Waals surface area contributed by atoms with Crippen molar-refractivity contribution in [2.24, 2.45) is 17.3 Å². The third-order valence-corrected chi connectivity index (χ3v) is 7.97. The van der Waals surface area contributed by atoms with Gasteiger partial charge in [-0.2, -0.15) is 0 Å². The van der Waals surface area contributed by atoms with Crippen LogP contribution in [0.5, 0.6) is 0 Å². The molecule has 5 heteroatoms. The summed E-state index contributed by atoms with van der Waals surface area (Å²) in [5.74, 6) is 1.93. The summed E-state index contributed by atoms with van der Waals surface area (Å²) in [4.78, 5) is 13.5. The van der Waals surface area contributed by atoms with Crippen LogP contribution in [0.3, 0.4) is 0 Å². The molecule has 5 nitrogen and oxygen atoms in total. The largest absolute Gasteiger partial charge is 0.455 e. The lowest BCUT2D eigenvalue weighted by atomic mass is 9.43. The van der Waals surface area contributed by atoms with Gasteiger partial charge in [-0.25, -0.2) is 0 Å². The minimum atomic E-state index is -0.378. The van der Waals surface area contributed by atoms with Gasteiger partial charge < -0.3 is 9.15 Å². The van der Waals surface area contributed by atoms with E-state index in [0.717, 1.165) is 24.8 Å². The van der Waals surface area contributed by atoms with Crippen molar-refractivity contribution in [2.75, 3.05) is 0 Å². The van der Waals surface area contributed by atoms with E-state index in [1.165, 1.54) is 30.4 Å². The molecule has 0 amide bonds. The fraction of sp³-hybridized carbons (Fsp3) is 0.444. The molecule has 0 unspecified atom stereocenters. The molecule has 1 aromatic heterocycles. The monoisotopic (exact) mass is 428 g/mol. The van der Waals surface area contributed by atoms with Gasteiger partial charge in [0.05, 0.1) is 5.41 Å². The highest BCUT2D eigenvalue weighted by Crippen LogP contribution is 2.66. The number of carbonyl (C=O) groups is 1. The first kappa shape index (κ1) is 19.7. The van der Waals surface area contributed by atoms with Crippen LogP contribution in [0.15, 0.2) is 59.0 Å². The van der Waals surface area contributed by atoms with Gasteiger partial charge in [-0.3, -0.25) is 4.79 Å². The van der Waals surface area contributed by atoms with E-state index in [1.54, 1.807) is 0 Å². The van der Waals surface area contributed by atoms with Crippen LogP contribution in [-0.2, 0) is 21.6 Å². The van der Waals surface area contributed by atoms with Gasteiger partial charge in [0.2, 0.25) is 5.89 Å². The highest BCUT2D eigenvalue weighted by molar-refractivity contribution is 5.78. The third kappa shape index (κ3) is 3.26. The zero-order valence-corrected chi connectivity index (χ0v) is 18.4. The molecule has 4 aliphatic rings. The summed E-state index contributed by atoms with van der Waals surface area (Å²) >= 11 is 0. The highest BCUT2D eigenvalue weighted by Gasteiger charge is 2.61. The van der Waals surface area contributed by atoms with Crippen LogP contribution in [0.2, 0.25) is 0 Å². The maximum atomic E-state index is 13.5. The summed E-state index contributed by atoms with van der Waals surface area (Å²) in [6, 6.07) is 18.6. The molecule has 7 rings (SSSR count). The first-order valence-electron chi connectivity index (χ1n) is 11.7. The van der Waals surface area contributed by atoms with Crippen LogP contribution >= 0.6 is 0 Å². The van der Waals surface area contributed by atoms with Gasteiger partial charge in [0.25, 0.3) is 5.89 Å². The molecule has 4 fully saturated rings. The molecule has 2 atom stereocenters. The number of rotatable bonds is 5. The van der Waals surface area contributed by atoms with Gasteiger partial charge in [0.1, 0.15) is 0 Å². The van der Waals surface area contributed by atoms with Gasteiger partial charge in [0, 0.05) is 5.56 Å². The summed E-state index contributed by atoms with van der Waals surface area (Å²) in [7, 11) is 0. The number of hydrogen-bond acceptors (Lipinski definition) is 5. The fourth-order valence-electron chi connectivity index (χ4n) is 7.04. The van der Waals surface area contributed by atoms with Crippen molar-refractivity contribution in [1.29, 1.82) is 0 Å². The molecule has 4 bridgehead atoms. The number of carbonyl (C=O) groups excluding carboxylic acids is 1. The molecule has 0 N–H and O–H groups in total. The van der Waals surface area contributed by atoms with Crippen molar-refractivity contribution in [1.82, 2.24) is 10.2 Å². The van der Waals surface area contributed by atoms with Crippen molar-refractivity contribution in [2.45, 2.75) is 57.5 Å². The lowest BCUT2D eigenvalue weighted by molar-refractivity contribution is -0.176. The van der Waals surface area contributed by atoms with Crippen LogP contribution in [0.4, 0.5) is 0 Å². The van der Waals surface area contributed by atoms with Gasteiger partial charge in [-0.1, -0.05) is 48.0 Å². The number of aryl methyl sites for hydroxylation is 1.